The number of benzene rings is 1. The van der Waals surface area contributed by atoms with Gasteiger partial charge in [0.25, 0.3) is 5.60 Å². The van der Waals surface area contributed by atoms with Gasteiger partial charge in [0.1, 0.15) is 5.60 Å². The lowest BCUT2D eigenvalue weighted by atomic mass is 9.89. The molecule has 1 aromatic rings. The number of carbonyl (C=O) groups is 1. The molecule has 1 unspecified atom stereocenters. The lowest BCUT2D eigenvalue weighted by Crippen LogP contribution is -2.49. The number of hydrogen-bond acceptors (Lipinski definition) is 6. The van der Waals surface area contributed by atoms with Gasteiger partial charge < -0.3 is 14.0 Å². The second-order valence-electron chi connectivity index (χ2n) is 5.81. The molecule has 0 saturated heterocycles. The first-order valence-corrected chi connectivity index (χ1v) is 8.83. The molecule has 146 valence electrons. The average molecular weight is 428 g/mol. The largest absolute Gasteiger partial charge is 0.446 e. The number of carbonyl (C=O) groups excluding carboxylic acids is 1. The number of aliphatic hydroxyl groups is 1. The van der Waals surface area contributed by atoms with Gasteiger partial charge in [0.15, 0.2) is 5.75 Å². The van der Waals surface area contributed by atoms with Gasteiger partial charge in [-0.3, -0.25) is 9.87 Å². The van der Waals surface area contributed by atoms with E-state index in [0.717, 1.165) is 12.1 Å². The Hall–Kier alpha value is -2.20. The summed E-state index contributed by atoms with van der Waals surface area (Å²) in [6, 6.07) is 1.51. The van der Waals surface area contributed by atoms with Crippen LogP contribution in [-0.2, 0) is 20.7 Å². The van der Waals surface area contributed by atoms with Crippen LogP contribution in [0.15, 0.2) is 12.1 Å². The number of alkyl halides is 3. The maximum atomic E-state index is 13.9. The van der Waals surface area contributed by atoms with E-state index in [1.165, 1.54) is 0 Å². The summed E-state index contributed by atoms with van der Waals surface area (Å²) in [5.74, 6) is 2.90. The normalized spacial score (nSPS) is 23.3. The highest BCUT2D eigenvalue weighted by molar-refractivity contribution is 7.81. The van der Waals surface area contributed by atoms with E-state index in [1.54, 1.807) is 5.92 Å². The number of ether oxygens (including phenoxy) is 1. The van der Waals surface area contributed by atoms with Gasteiger partial charge >= 0.3 is 22.7 Å². The van der Waals surface area contributed by atoms with Crippen LogP contribution in [0.3, 0.4) is 0 Å². The third kappa shape index (κ3) is 3.77. The SMILES string of the molecule is O=C1Nc2c(OS(=O)(=O)O)cc(Cl)cc2C(C#CC2(O)CC2)(C(F)(F)F)O1. The molecule has 1 aliphatic carbocycles. The predicted octanol–water partition coefficient (Wildman–Crippen LogP) is 2.37. The summed E-state index contributed by atoms with van der Waals surface area (Å²) in [7, 11) is -5.15. The maximum absolute atomic E-state index is 13.9. The topological polar surface area (TPSA) is 122 Å². The van der Waals surface area contributed by atoms with Crippen LogP contribution in [0.4, 0.5) is 23.7 Å². The molecule has 3 rings (SSSR count). The Morgan fingerprint density at radius 3 is 2.44 bits per heavy atom. The number of rotatable bonds is 2. The van der Waals surface area contributed by atoms with Crippen LogP contribution in [-0.4, -0.2) is 35.9 Å². The van der Waals surface area contributed by atoms with Crippen molar-refractivity contribution in [2.24, 2.45) is 0 Å². The van der Waals surface area contributed by atoms with Crippen molar-refractivity contribution in [2.45, 2.75) is 30.2 Å². The van der Waals surface area contributed by atoms with Crippen molar-refractivity contribution >= 4 is 33.8 Å². The second kappa shape index (κ2) is 5.90. The van der Waals surface area contributed by atoms with E-state index in [9.17, 15) is 31.5 Å². The molecule has 1 heterocycles. The van der Waals surface area contributed by atoms with Gasteiger partial charge in [-0.05, 0) is 24.8 Å². The van der Waals surface area contributed by atoms with Gasteiger partial charge in [-0.2, -0.15) is 21.6 Å². The predicted molar refractivity (Wildman–Crippen MR) is 83.4 cm³/mol. The molecule has 1 atom stereocenters. The molecule has 3 N–H and O–H groups in total. The van der Waals surface area contributed by atoms with Crippen LogP contribution in [0.2, 0.25) is 5.02 Å². The molecule has 0 bridgehead atoms. The molecule has 2 aliphatic rings. The molecule has 0 radical (unpaired) electrons. The van der Waals surface area contributed by atoms with Crippen LogP contribution in [0.25, 0.3) is 0 Å². The van der Waals surface area contributed by atoms with Crippen molar-refractivity contribution in [3.8, 4) is 17.6 Å². The summed E-state index contributed by atoms with van der Waals surface area (Å²) >= 11 is 5.74. The summed E-state index contributed by atoms with van der Waals surface area (Å²) in [4.78, 5) is 11.8. The number of nitrogens with one attached hydrogen (secondary N) is 1. The van der Waals surface area contributed by atoms with Crippen LogP contribution < -0.4 is 9.50 Å². The molecule has 13 heteroatoms. The van der Waals surface area contributed by atoms with Gasteiger partial charge in [-0.25, -0.2) is 4.79 Å². The summed E-state index contributed by atoms with van der Waals surface area (Å²) in [6.07, 6.45) is -6.63. The Kier molecular flexibility index (Phi) is 4.27. The molecule has 1 saturated carbocycles. The zero-order chi connectivity index (χ0) is 20.3. The molecule has 27 heavy (non-hydrogen) atoms. The Bertz CT molecular complexity index is 994. The van der Waals surface area contributed by atoms with E-state index in [-0.39, 0.29) is 12.8 Å². The van der Waals surface area contributed by atoms with E-state index in [2.05, 4.69) is 8.92 Å². The van der Waals surface area contributed by atoms with Gasteiger partial charge in [-0.1, -0.05) is 17.5 Å². The van der Waals surface area contributed by atoms with Crippen LogP contribution in [0, 0.1) is 11.8 Å². The highest BCUT2D eigenvalue weighted by Gasteiger charge is 2.63. The molecule has 1 fully saturated rings. The van der Waals surface area contributed by atoms with Crippen LogP contribution >= 0.6 is 11.6 Å². The standard InChI is InChI=1S/C14H9ClF3NO7S/c15-7-5-8-10(9(6-7)26-27(22,23)24)19-11(20)25-13(8,14(16,17)18)4-3-12(21)1-2-12/h5-6,21H,1-2H2,(H,19,20)(H,22,23,24). The Balaban J connectivity index is 2.29. The van der Waals surface area contributed by atoms with E-state index < -0.39 is 55.9 Å². The third-order valence-electron chi connectivity index (χ3n) is 3.71. The lowest BCUT2D eigenvalue weighted by Gasteiger charge is -2.36. The number of amides is 1. The first-order chi connectivity index (χ1) is 12.2. The second-order valence-corrected chi connectivity index (χ2v) is 7.27. The summed E-state index contributed by atoms with van der Waals surface area (Å²) in [6.45, 7) is 0. The van der Waals surface area contributed by atoms with Gasteiger partial charge in [0, 0.05) is 16.7 Å². The van der Waals surface area contributed by atoms with Crippen molar-refractivity contribution in [3.63, 3.8) is 0 Å². The molecule has 0 spiro atoms. The zero-order valence-corrected chi connectivity index (χ0v) is 14.5. The third-order valence-corrected chi connectivity index (χ3v) is 4.32. The van der Waals surface area contributed by atoms with Gasteiger partial charge in [0.2, 0.25) is 0 Å². The fourth-order valence-corrected chi connectivity index (χ4v) is 2.88. The van der Waals surface area contributed by atoms with Crippen LogP contribution in [0.1, 0.15) is 18.4 Å². The molecule has 1 aliphatic heterocycles. The van der Waals surface area contributed by atoms with Crippen molar-refractivity contribution in [3.05, 3.63) is 22.7 Å². The van der Waals surface area contributed by atoms with Crippen molar-refractivity contribution < 1.29 is 45.0 Å². The van der Waals surface area contributed by atoms with Crippen molar-refractivity contribution in [2.75, 3.05) is 5.32 Å². The van der Waals surface area contributed by atoms with Crippen molar-refractivity contribution in [1.29, 1.82) is 0 Å². The lowest BCUT2D eigenvalue weighted by molar-refractivity contribution is -0.239. The smallest absolute Gasteiger partial charge is 0.415 e. The zero-order valence-electron chi connectivity index (χ0n) is 12.9. The molecule has 0 aromatic heterocycles. The summed E-state index contributed by atoms with van der Waals surface area (Å²) in [5, 5.41) is 11.2. The molecular weight excluding hydrogens is 419 g/mol. The van der Waals surface area contributed by atoms with Gasteiger partial charge in [-0.15, -0.1) is 0 Å². The Labute approximate surface area is 155 Å². The number of fused-ring (bicyclic) bond motifs is 1. The Morgan fingerprint density at radius 1 is 1.30 bits per heavy atom. The number of halogens is 4. The first kappa shape index (κ1) is 19.6. The minimum Gasteiger partial charge on any atom is -0.415 e. The average Bonchev–Trinajstić information content (AvgIpc) is 3.21. The monoisotopic (exact) mass is 427 g/mol. The molecule has 1 aromatic carbocycles. The summed E-state index contributed by atoms with van der Waals surface area (Å²) < 4.78 is 81.1. The number of hydrogen-bond donors (Lipinski definition) is 3. The molecule has 8 nitrogen and oxygen atoms in total. The number of cyclic esters (lactones) is 1. The van der Waals surface area contributed by atoms with E-state index in [4.69, 9.17) is 16.2 Å². The fourth-order valence-electron chi connectivity index (χ4n) is 2.31. The Morgan fingerprint density at radius 2 is 1.93 bits per heavy atom. The highest BCUT2D eigenvalue weighted by Crippen LogP contribution is 2.51. The van der Waals surface area contributed by atoms with Crippen LogP contribution in [0.5, 0.6) is 5.75 Å². The van der Waals surface area contributed by atoms with E-state index >= 15 is 0 Å². The first-order valence-electron chi connectivity index (χ1n) is 7.09. The maximum Gasteiger partial charge on any atom is 0.446 e. The molecular formula is C14H9ClF3NO7S. The van der Waals surface area contributed by atoms with E-state index in [0.29, 0.717) is 0 Å². The minimum atomic E-state index is -5.29. The fraction of sp³-hybridized carbons (Fsp3) is 0.357. The van der Waals surface area contributed by atoms with E-state index in [1.807, 2.05) is 11.2 Å². The minimum absolute atomic E-state index is 0.139. The summed E-state index contributed by atoms with van der Waals surface area (Å²) in [5.41, 5.74) is -6.83. The van der Waals surface area contributed by atoms with Gasteiger partial charge in [0.05, 0.1) is 5.69 Å². The quantitative estimate of drug-likeness (QED) is 0.489. The molecule has 1 amide bonds. The highest BCUT2D eigenvalue weighted by atomic mass is 35.5. The van der Waals surface area contributed by atoms with Crippen molar-refractivity contribution in [1.82, 2.24) is 0 Å². The number of anilines is 1.